The summed E-state index contributed by atoms with van der Waals surface area (Å²) in [6, 6.07) is 7.97. The third kappa shape index (κ3) is 5.44. The lowest BCUT2D eigenvalue weighted by Gasteiger charge is -2.31. The van der Waals surface area contributed by atoms with Gasteiger partial charge in [-0.1, -0.05) is 6.07 Å². The summed E-state index contributed by atoms with van der Waals surface area (Å²) in [6.45, 7) is 2.69. The molecule has 1 fully saturated rings. The third-order valence-corrected chi connectivity index (χ3v) is 9.34. The first kappa shape index (κ1) is 31.9. The Morgan fingerprint density at radius 1 is 0.980 bits per heavy atom. The van der Waals surface area contributed by atoms with Gasteiger partial charge < -0.3 is 24.4 Å². The van der Waals surface area contributed by atoms with Crippen LogP contribution in [0, 0.1) is 24.4 Å². The molecule has 0 spiro atoms. The number of fused-ring (bicyclic) bond motifs is 6. The summed E-state index contributed by atoms with van der Waals surface area (Å²) >= 11 is 6.44. The molecule has 0 saturated carbocycles. The van der Waals surface area contributed by atoms with Gasteiger partial charge in [-0.25, -0.2) is 28.1 Å². The number of carbonyl (C=O) groups excluding carboxylic acids is 1. The Bertz CT molecular complexity index is 2310. The molecule has 256 valence electrons. The molecule has 5 aromatic heterocycles. The van der Waals surface area contributed by atoms with E-state index in [1.54, 1.807) is 25.1 Å². The zero-order valence-electron chi connectivity index (χ0n) is 27.0. The molecule has 2 aliphatic heterocycles. The van der Waals surface area contributed by atoms with Gasteiger partial charge in [0.2, 0.25) is 11.2 Å². The van der Waals surface area contributed by atoms with E-state index in [0.717, 1.165) is 10.9 Å². The van der Waals surface area contributed by atoms with Gasteiger partial charge in [-0.2, -0.15) is 19.7 Å². The summed E-state index contributed by atoms with van der Waals surface area (Å²) in [4.78, 5) is 40.0. The van der Waals surface area contributed by atoms with Crippen LogP contribution >= 0.6 is 11.6 Å². The number of ether oxygens (including phenoxy) is 1. The van der Waals surface area contributed by atoms with Gasteiger partial charge in [0.15, 0.2) is 17.3 Å². The highest BCUT2D eigenvalue weighted by Crippen LogP contribution is 2.35. The number of carbonyl (C=O) groups is 1. The number of anilines is 2. The number of hydrogen-bond acceptors (Lipinski definition) is 10. The minimum atomic E-state index is -0.945. The number of aromatic nitrogens is 8. The molecule has 1 amide bonds. The van der Waals surface area contributed by atoms with E-state index in [-0.39, 0.29) is 41.8 Å². The predicted octanol–water partition coefficient (Wildman–Crippen LogP) is 4.55. The number of amides is 1. The van der Waals surface area contributed by atoms with E-state index >= 15 is 0 Å². The molecule has 7 heterocycles. The Balaban J connectivity index is 1.24. The maximum atomic E-state index is 14.9. The molecule has 0 radical (unpaired) electrons. The number of likely N-dealkylation sites (N-methyl/N-ethyl adjacent to an activating group) is 1. The van der Waals surface area contributed by atoms with Crippen LogP contribution in [-0.2, 0) is 16.1 Å². The van der Waals surface area contributed by atoms with Crippen molar-refractivity contribution in [1.82, 2.24) is 44.2 Å². The number of aryl methyl sites for hydroxylation is 1. The summed E-state index contributed by atoms with van der Waals surface area (Å²) in [5.74, 6) is -1.22. The second-order valence-electron chi connectivity index (χ2n) is 12.4. The van der Waals surface area contributed by atoms with Gasteiger partial charge in [-0.3, -0.25) is 4.79 Å². The minimum absolute atomic E-state index is 0.123. The van der Waals surface area contributed by atoms with Crippen molar-refractivity contribution in [3.63, 3.8) is 0 Å². The number of halogens is 4. The number of methoxy groups -OCH3 is 1. The van der Waals surface area contributed by atoms with Gasteiger partial charge in [0.1, 0.15) is 35.1 Å². The summed E-state index contributed by atoms with van der Waals surface area (Å²) in [6.07, 6.45) is 2.20. The van der Waals surface area contributed by atoms with E-state index in [1.807, 2.05) is 28.5 Å². The fourth-order valence-electron chi connectivity index (χ4n) is 6.92. The Morgan fingerprint density at radius 2 is 1.82 bits per heavy atom. The molecule has 3 atom stereocenters. The van der Waals surface area contributed by atoms with E-state index in [0.29, 0.717) is 64.2 Å². The van der Waals surface area contributed by atoms with Crippen LogP contribution in [0.5, 0.6) is 0 Å². The monoisotopic (exact) mass is 703 g/mol. The zero-order chi connectivity index (χ0) is 34.8. The minimum Gasteiger partial charge on any atom is -0.378 e. The predicted molar refractivity (Wildman–Crippen MR) is 179 cm³/mol. The SMILES string of the molecule is COC1CN(C)C(=O)[C@@H]2CC(CN2c2nc(Cl)nc3c2cnn3-c2ncc(F)cc2F)Nc2cccc(n2)-c2cc(F)cc3nc(C)n(c23)C1. The molecule has 1 saturated heterocycles. The molecule has 0 aliphatic carbocycles. The maximum absolute atomic E-state index is 14.9. The largest absolute Gasteiger partial charge is 0.378 e. The smallest absolute Gasteiger partial charge is 0.245 e. The number of benzene rings is 1. The van der Waals surface area contributed by atoms with Gasteiger partial charge in [-0.05, 0) is 43.1 Å². The van der Waals surface area contributed by atoms with Crippen molar-refractivity contribution in [2.24, 2.45) is 0 Å². The molecule has 4 bridgehead atoms. The fourth-order valence-corrected chi connectivity index (χ4v) is 7.08. The molecule has 50 heavy (non-hydrogen) atoms. The maximum Gasteiger partial charge on any atom is 0.245 e. The Labute approximate surface area is 287 Å². The molecule has 17 heteroatoms. The van der Waals surface area contributed by atoms with Crippen LogP contribution in [0.3, 0.4) is 0 Å². The number of nitrogens with zero attached hydrogens (tertiary/aromatic N) is 10. The van der Waals surface area contributed by atoms with Gasteiger partial charge in [0.05, 0.1) is 47.2 Å². The van der Waals surface area contributed by atoms with Crippen molar-refractivity contribution in [3.8, 4) is 17.1 Å². The van der Waals surface area contributed by atoms with Gasteiger partial charge in [-0.15, -0.1) is 0 Å². The van der Waals surface area contributed by atoms with Crippen LogP contribution in [-0.4, -0.2) is 95.5 Å². The highest BCUT2D eigenvalue weighted by Gasteiger charge is 2.41. The Hall–Kier alpha value is -5.35. The topological polar surface area (TPSA) is 132 Å². The second-order valence-corrected chi connectivity index (χ2v) is 12.7. The van der Waals surface area contributed by atoms with Crippen molar-refractivity contribution in [3.05, 3.63) is 77.4 Å². The first-order valence-corrected chi connectivity index (χ1v) is 16.1. The Morgan fingerprint density at radius 3 is 2.62 bits per heavy atom. The van der Waals surface area contributed by atoms with Crippen molar-refractivity contribution in [2.45, 2.75) is 38.1 Å². The second kappa shape index (κ2) is 12.2. The van der Waals surface area contributed by atoms with E-state index < -0.39 is 29.6 Å². The van der Waals surface area contributed by atoms with Gasteiger partial charge >= 0.3 is 0 Å². The molecule has 13 nitrogen and oxygen atoms in total. The van der Waals surface area contributed by atoms with Crippen LogP contribution in [0.25, 0.3) is 39.1 Å². The van der Waals surface area contributed by atoms with E-state index in [9.17, 15) is 18.0 Å². The van der Waals surface area contributed by atoms with Crippen LogP contribution in [0.1, 0.15) is 12.2 Å². The summed E-state index contributed by atoms with van der Waals surface area (Å²) < 4.78 is 52.4. The van der Waals surface area contributed by atoms with Gasteiger partial charge in [0, 0.05) is 51.0 Å². The van der Waals surface area contributed by atoms with Crippen LogP contribution in [0.15, 0.2) is 48.8 Å². The van der Waals surface area contributed by atoms with Crippen molar-refractivity contribution >= 4 is 51.2 Å². The molecule has 2 aliphatic rings. The molecular formula is C33H29ClF3N11O2. The number of hydrogen-bond donors (Lipinski definition) is 1. The third-order valence-electron chi connectivity index (χ3n) is 9.18. The average Bonchev–Trinajstić information content (AvgIpc) is 3.78. The molecule has 6 aromatic rings. The highest BCUT2D eigenvalue weighted by molar-refractivity contribution is 6.28. The van der Waals surface area contributed by atoms with E-state index in [1.165, 1.54) is 18.3 Å². The Kier molecular flexibility index (Phi) is 7.79. The lowest BCUT2D eigenvalue weighted by Crippen LogP contribution is -2.47. The van der Waals surface area contributed by atoms with Crippen LogP contribution < -0.4 is 10.2 Å². The number of rotatable bonds is 3. The number of nitrogens with one attached hydrogen (secondary N) is 1. The summed E-state index contributed by atoms with van der Waals surface area (Å²) in [5, 5.41) is 7.95. The summed E-state index contributed by atoms with van der Waals surface area (Å²) in [7, 11) is 3.29. The standard InChI is InChI=1S/C33H29ClF3N11O2/c1-16-40-25-9-17(35)7-21-24-5-4-6-27(42-24)41-19-10-26(32(49)45(2)14-20(50-3)15-46(16)28(21)25)47(13-19)29-22-12-39-48(30(22)44-33(34)43-29)31-23(37)8-18(36)11-38-31/h4-9,11-12,19-20,26H,10,13-15H2,1-3H3,(H,41,42)/t19?,20?,26-/m0/s1. The van der Waals surface area contributed by atoms with Crippen molar-refractivity contribution < 1.29 is 22.7 Å². The highest BCUT2D eigenvalue weighted by atomic mass is 35.5. The van der Waals surface area contributed by atoms with Crippen LogP contribution in [0.2, 0.25) is 5.28 Å². The average molecular weight is 704 g/mol. The lowest BCUT2D eigenvalue weighted by molar-refractivity contribution is -0.132. The molecule has 1 aromatic carbocycles. The van der Waals surface area contributed by atoms with E-state index in [2.05, 4.69) is 30.4 Å². The first-order valence-electron chi connectivity index (χ1n) is 15.8. The van der Waals surface area contributed by atoms with Crippen molar-refractivity contribution in [2.75, 3.05) is 37.5 Å². The lowest BCUT2D eigenvalue weighted by atomic mass is 10.1. The zero-order valence-corrected chi connectivity index (χ0v) is 27.7. The van der Waals surface area contributed by atoms with E-state index in [4.69, 9.17) is 21.3 Å². The number of pyridine rings is 2. The molecule has 1 N–H and O–H groups in total. The molecule has 2 unspecified atom stereocenters. The van der Waals surface area contributed by atoms with Crippen LogP contribution in [0.4, 0.5) is 24.8 Å². The summed E-state index contributed by atoms with van der Waals surface area (Å²) in [5.41, 5.74) is 2.45. The van der Waals surface area contributed by atoms with Gasteiger partial charge in [0.25, 0.3) is 0 Å². The fraction of sp³-hybridized carbons (Fsp3) is 0.303. The number of imidazole rings is 1. The molecule has 8 rings (SSSR count). The van der Waals surface area contributed by atoms with Crippen molar-refractivity contribution in [1.29, 1.82) is 0 Å². The molecular weight excluding hydrogens is 675 g/mol. The normalized spacial score (nSPS) is 19.6. The first-order chi connectivity index (χ1) is 24.1. The quantitative estimate of drug-likeness (QED) is 0.262.